The lowest BCUT2D eigenvalue weighted by molar-refractivity contribution is -0.143. The van der Waals surface area contributed by atoms with Gasteiger partial charge >= 0.3 is 12.0 Å². The monoisotopic (exact) mass is 301 g/mol. The Bertz CT molecular complexity index is 391. The van der Waals surface area contributed by atoms with Crippen molar-refractivity contribution in [2.45, 2.75) is 25.3 Å². The molecular weight excluding hydrogens is 278 g/mol. The largest absolute Gasteiger partial charge is 0.480 e. The van der Waals surface area contributed by atoms with E-state index in [1.165, 1.54) is 4.90 Å². The molecule has 0 aliphatic carbocycles. The van der Waals surface area contributed by atoms with Gasteiger partial charge in [-0.3, -0.25) is 4.79 Å². The van der Waals surface area contributed by atoms with Gasteiger partial charge in [-0.25, -0.2) is 9.59 Å². The Morgan fingerprint density at radius 3 is 2.29 bits per heavy atom. The van der Waals surface area contributed by atoms with Crippen molar-refractivity contribution >= 4 is 17.9 Å². The van der Waals surface area contributed by atoms with E-state index in [0.29, 0.717) is 25.9 Å². The van der Waals surface area contributed by atoms with Gasteiger partial charge in [0.05, 0.1) is 0 Å². The van der Waals surface area contributed by atoms with Crippen LogP contribution in [0.4, 0.5) is 4.79 Å². The topological polar surface area (TPSA) is 110 Å². The highest BCUT2D eigenvalue weighted by Gasteiger charge is 2.30. The van der Waals surface area contributed by atoms with E-state index in [2.05, 4.69) is 5.32 Å². The van der Waals surface area contributed by atoms with Crippen LogP contribution in [0.3, 0.4) is 0 Å². The normalized spacial score (nSPS) is 17.2. The van der Waals surface area contributed by atoms with E-state index in [1.807, 2.05) is 0 Å². The summed E-state index contributed by atoms with van der Waals surface area (Å²) in [6.07, 6.45) is 1.01. The number of carbonyl (C=O) groups excluding carboxylic acids is 2. The molecule has 1 heterocycles. The second-order valence-corrected chi connectivity index (χ2v) is 5.35. The van der Waals surface area contributed by atoms with Gasteiger partial charge in [-0.2, -0.15) is 0 Å². The number of hydrogen-bond donors (Lipinski definition) is 3. The predicted molar refractivity (Wildman–Crippen MR) is 74.6 cm³/mol. The van der Waals surface area contributed by atoms with Crippen LogP contribution >= 0.6 is 0 Å². The molecule has 8 heteroatoms. The van der Waals surface area contributed by atoms with E-state index in [1.54, 1.807) is 19.0 Å². The molecule has 1 fully saturated rings. The number of hydrogen-bond acceptors (Lipinski definition) is 4. The Labute approximate surface area is 123 Å². The fraction of sp³-hybridized carbons (Fsp3) is 0.769. The molecule has 120 valence electrons. The molecule has 0 radical (unpaired) electrons. The maximum atomic E-state index is 12.0. The summed E-state index contributed by atoms with van der Waals surface area (Å²) in [5.41, 5.74) is 0. The zero-order valence-electron chi connectivity index (χ0n) is 12.4. The van der Waals surface area contributed by atoms with Crippen LogP contribution in [0.1, 0.15) is 19.3 Å². The van der Waals surface area contributed by atoms with E-state index >= 15 is 0 Å². The summed E-state index contributed by atoms with van der Waals surface area (Å²) >= 11 is 0. The van der Waals surface area contributed by atoms with Crippen LogP contribution in [0.25, 0.3) is 0 Å². The Kier molecular flexibility index (Phi) is 6.41. The smallest absolute Gasteiger partial charge is 0.326 e. The summed E-state index contributed by atoms with van der Waals surface area (Å²) in [7, 11) is 3.35. The molecule has 8 nitrogen and oxygen atoms in total. The van der Waals surface area contributed by atoms with Gasteiger partial charge in [0.25, 0.3) is 0 Å². The van der Waals surface area contributed by atoms with E-state index in [0.717, 1.165) is 0 Å². The third-order valence-electron chi connectivity index (χ3n) is 3.55. The van der Waals surface area contributed by atoms with E-state index < -0.39 is 12.0 Å². The number of nitrogens with one attached hydrogen (secondary N) is 1. The van der Waals surface area contributed by atoms with Gasteiger partial charge in [0.15, 0.2) is 0 Å². The lowest BCUT2D eigenvalue weighted by atomic mass is 9.95. The molecule has 1 atom stereocenters. The van der Waals surface area contributed by atoms with Gasteiger partial charge < -0.3 is 25.3 Å². The number of carbonyl (C=O) groups is 3. The van der Waals surface area contributed by atoms with Gasteiger partial charge in [0.2, 0.25) is 5.91 Å². The van der Waals surface area contributed by atoms with Gasteiger partial charge in [0, 0.05) is 46.1 Å². The number of carboxylic acid groups (broad SMARTS) is 1. The minimum absolute atomic E-state index is 0.0148. The van der Waals surface area contributed by atoms with E-state index in [4.69, 9.17) is 10.2 Å². The number of piperidine rings is 1. The number of aliphatic hydroxyl groups is 1. The van der Waals surface area contributed by atoms with Crippen LogP contribution in [0.2, 0.25) is 0 Å². The number of nitrogens with zero attached hydrogens (tertiary/aromatic N) is 2. The molecule has 0 unspecified atom stereocenters. The molecule has 0 bridgehead atoms. The Balaban J connectivity index is 2.48. The van der Waals surface area contributed by atoms with Gasteiger partial charge in [-0.05, 0) is 12.8 Å². The number of aliphatic carboxylic acids is 1. The summed E-state index contributed by atoms with van der Waals surface area (Å²) in [4.78, 5) is 37.9. The molecule has 1 saturated heterocycles. The Morgan fingerprint density at radius 1 is 1.29 bits per heavy atom. The fourth-order valence-corrected chi connectivity index (χ4v) is 2.29. The molecule has 1 rings (SSSR count). The number of carboxylic acids is 1. The molecule has 3 N–H and O–H groups in total. The standard InChI is InChI=1S/C13H23N3O5/c1-15(2)13(21)16-6-3-9(4-7-16)11(18)14-10(5-8-17)12(19)20/h9-10,17H,3-8H2,1-2H3,(H,14,18)(H,19,20)/t10-/m1/s1. The molecular formula is C13H23N3O5. The number of likely N-dealkylation sites (tertiary alicyclic amines) is 1. The Morgan fingerprint density at radius 2 is 1.86 bits per heavy atom. The van der Waals surface area contributed by atoms with Crippen molar-refractivity contribution in [1.82, 2.24) is 15.1 Å². The minimum Gasteiger partial charge on any atom is -0.480 e. The van der Waals surface area contributed by atoms with Crippen LogP contribution in [0, 0.1) is 5.92 Å². The van der Waals surface area contributed by atoms with Crippen molar-refractivity contribution in [2.24, 2.45) is 5.92 Å². The lowest BCUT2D eigenvalue weighted by Gasteiger charge is -2.33. The molecule has 0 saturated carbocycles. The number of rotatable bonds is 5. The highest BCUT2D eigenvalue weighted by molar-refractivity contribution is 5.85. The van der Waals surface area contributed by atoms with Crippen molar-refractivity contribution in [1.29, 1.82) is 0 Å². The van der Waals surface area contributed by atoms with Crippen molar-refractivity contribution in [3.63, 3.8) is 0 Å². The molecule has 3 amide bonds. The van der Waals surface area contributed by atoms with Crippen LogP contribution in [-0.4, -0.2) is 77.8 Å². The minimum atomic E-state index is -1.15. The van der Waals surface area contributed by atoms with E-state index in [9.17, 15) is 14.4 Å². The van der Waals surface area contributed by atoms with E-state index in [-0.39, 0.29) is 30.9 Å². The second kappa shape index (κ2) is 7.82. The zero-order chi connectivity index (χ0) is 16.0. The average molecular weight is 301 g/mol. The van der Waals surface area contributed by atoms with Crippen LogP contribution < -0.4 is 5.32 Å². The summed E-state index contributed by atoms with van der Waals surface area (Å²) in [6.45, 7) is 0.659. The van der Waals surface area contributed by atoms with Crippen molar-refractivity contribution in [3.05, 3.63) is 0 Å². The van der Waals surface area contributed by atoms with Crippen LogP contribution in [0.5, 0.6) is 0 Å². The summed E-state index contributed by atoms with van der Waals surface area (Å²) in [5, 5.41) is 20.2. The number of amides is 3. The SMILES string of the molecule is CN(C)C(=O)N1CCC(C(=O)N[C@H](CCO)C(=O)O)CC1. The summed E-state index contributed by atoms with van der Waals surface area (Å²) in [5.74, 6) is -1.78. The molecule has 0 aromatic carbocycles. The van der Waals surface area contributed by atoms with Gasteiger partial charge in [-0.1, -0.05) is 0 Å². The first kappa shape index (κ1) is 17.2. The van der Waals surface area contributed by atoms with Gasteiger partial charge in [-0.15, -0.1) is 0 Å². The fourth-order valence-electron chi connectivity index (χ4n) is 2.29. The van der Waals surface area contributed by atoms with Crippen molar-refractivity contribution in [3.8, 4) is 0 Å². The summed E-state index contributed by atoms with van der Waals surface area (Å²) < 4.78 is 0. The quantitative estimate of drug-likeness (QED) is 0.624. The maximum Gasteiger partial charge on any atom is 0.326 e. The predicted octanol–water partition coefficient (Wildman–Crippen LogP) is -0.668. The summed E-state index contributed by atoms with van der Waals surface area (Å²) in [6, 6.07) is -1.15. The molecule has 0 spiro atoms. The van der Waals surface area contributed by atoms with Crippen molar-refractivity contribution < 1.29 is 24.6 Å². The molecule has 0 aromatic heterocycles. The molecule has 21 heavy (non-hydrogen) atoms. The second-order valence-electron chi connectivity index (χ2n) is 5.35. The first-order chi connectivity index (χ1) is 9.86. The third kappa shape index (κ3) is 4.89. The zero-order valence-corrected chi connectivity index (χ0v) is 12.4. The highest BCUT2D eigenvalue weighted by Crippen LogP contribution is 2.18. The number of aliphatic hydroxyl groups excluding tert-OH is 1. The Hall–Kier alpha value is -1.83. The average Bonchev–Trinajstić information content (AvgIpc) is 2.45. The third-order valence-corrected chi connectivity index (χ3v) is 3.55. The molecule has 0 aromatic rings. The molecule has 1 aliphatic heterocycles. The van der Waals surface area contributed by atoms with Gasteiger partial charge in [0.1, 0.15) is 6.04 Å². The van der Waals surface area contributed by atoms with Crippen LogP contribution in [0.15, 0.2) is 0 Å². The lowest BCUT2D eigenvalue weighted by Crippen LogP contribution is -2.49. The molecule has 1 aliphatic rings. The highest BCUT2D eigenvalue weighted by atomic mass is 16.4. The first-order valence-corrected chi connectivity index (χ1v) is 6.97. The number of urea groups is 1. The first-order valence-electron chi connectivity index (χ1n) is 6.97. The maximum absolute atomic E-state index is 12.0. The van der Waals surface area contributed by atoms with Crippen LogP contribution in [-0.2, 0) is 9.59 Å². The van der Waals surface area contributed by atoms with Crippen molar-refractivity contribution in [2.75, 3.05) is 33.8 Å².